The largest absolute Gasteiger partial charge is 0.508 e. The molecule has 1 aromatic heterocycles. The van der Waals surface area contributed by atoms with Crippen LogP contribution in [0.15, 0.2) is 47.0 Å². The molecule has 0 saturated heterocycles. The van der Waals surface area contributed by atoms with E-state index in [1.165, 1.54) is 36.4 Å². The molecule has 1 radical (unpaired) electrons. The van der Waals surface area contributed by atoms with Gasteiger partial charge in [0.25, 0.3) is 11.6 Å². The maximum atomic E-state index is 11.8. The number of non-ortho nitro benzene ring substituents is 1. The first-order valence-corrected chi connectivity index (χ1v) is 7.92. The molecule has 0 aliphatic carbocycles. The molecule has 10 nitrogen and oxygen atoms in total. The van der Waals surface area contributed by atoms with Crippen molar-refractivity contribution in [3.05, 3.63) is 65.2 Å². The second-order valence-electron chi connectivity index (χ2n) is 5.52. The van der Waals surface area contributed by atoms with Crippen LogP contribution in [0.5, 0.6) is 23.0 Å². The zero-order valence-electron chi connectivity index (χ0n) is 14.3. The van der Waals surface area contributed by atoms with E-state index in [0.717, 1.165) is 6.07 Å². The number of amides is 1. The van der Waals surface area contributed by atoms with E-state index in [1.54, 1.807) is 0 Å². The van der Waals surface area contributed by atoms with Crippen LogP contribution < -0.4 is 10.1 Å². The first-order valence-electron chi connectivity index (χ1n) is 7.92. The van der Waals surface area contributed by atoms with Crippen LogP contribution >= 0.6 is 0 Å². The fourth-order valence-electron chi connectivity index (χ4n) is 2.38. The molecule has 1 heterocycles. The zero-order chi connectivity index (χ0) is 20.3. The molecule has 28 heavy (non-hydrogen) atoms. The van der Waals surface area contributed by atoms with Crippen molar-refractivity contribution in [3.63, 3.8) is 0 Å². The molecule has 0 spiro atoms. The number of hydrogen-bond donors (Lipinski definition) is 3. The lowest BCUT2D eigenvalue weighted by Crippen LogP contribution is -2.22. The maximum absolute atomic E-state index is 11.8. The van der Waals surface area contributed by atoms with Crippen LogP contribution in [0.4, 0.5) is 5.69 Å². The molecule has 0 aliphatic rings. The molecule has 0 bridgehead atoms. The minimum Gasteiger partial charge on any atom is -0.508 e. The molecule has 3 aromatic rings. The highest BCUT2D eigenvalue weighted by Gasteiger charge is 2.21. The summed E-state index contributed by atoms with van der Waals surface area (Å²) in [7, 11) is 0. The van der Waals surface area contributed by atoms with Crippen LogP contribution in [-0.2, 0) is 0 Å². The van der Waals surface area contributed by atoms with Gasteiger partial charge in [-0.1, -0.05) is 5.16 Å². The lowest BCUT2D eigenvalue weighted by atomic mass is 10.1. The summed E-state index contributed by atoms with van der Waals surface area (Å²) in [5, 5.41) is 36.9. The summed E-state index contributed by atoms with van der Waals surface area (Å²) in [5.41, 5.74) is -0.118. The number of phenolic OH excluding ortho intramolecular Hbond substituents is 2. The van der Waals surface area contributed by atoms with Gasteiger partial charge in [0.2, 0.25) is 0 Å². The SMILES string of the molecule is [CH2]CNC(=O)c1cc(-c2c(O)cc(O)cc2Oc2ccc([N+](=O)[O-])cc2)on1. The van der Waals surface area contributed by atoms with Gasteiger partial charge in [0, 0.05) is 36.9 Å². The molecule has 143 valence electrons. The molecule has 2 aromatic carbocycles. The van der Waals surface area contributed by atoms with Gasteiger partial charge in [0.15, 0.2) is 11.5 Å². The number of benzene rings is 2. The molecule has 3 N–H and O–H groups in total. The number of rotatable bonds is 6. The van der Waals surface area contributed by atoms with Gasteiger partial charge in [-0.3, -0.25) is 14.9 Å². The van der Waals surface area contributed by atoms with Gasteiger partial charge in [-0.05, 0) is 19.1 Å². The summed E-state index contributed by atoms with van der Waals surface area (Å²) in [5.74, 6) is -0.951. The number of nitrogens with zero attached hydrogens (tertiary/aromatic N) is 2. The summed E-state index contributed by atoms with van der Waals surface area (Å²) in [6.45, 7) is 3.65. The van der Waals surface area contributed by atoms with E-state index < -0.39 is 10.8 Å². The summed E-state index contributed by atoms with van der Waals surface area (Å²) in [6, 6.07) is 8.78. The number of carbonyl (C=O) groups excluding carboxylic acids is 1. The van der Waals surface area contributed by atoms with Gasteiger partial charge in [-0.25, -0.2) is 0 Å². The standard InChI is InChI=1S/C18H14N3O7/c1-2-19-18(24)13-9-16(28-20-13)17-14(23)7-11(22)8-15(17)27-12-5-3-10(4-6-12)21(25)26/h3-9,22-23H,1-2H2,(H,19,24). The van der Waals surface area contributed by atoms with E-state index >= 15 is 0 Å². The predicted octanol–water partition coefficient (Wildman–Crippen LogP) is 3.02. The number of aromatic hydroxyl groups is 2. The summed E-state index contributed by atoms with van der Waals surface area (Å²) >= 11 is 0. The van der Waals surface area contributed by atoms with Crippen LogP contribution in [0.3, 0.4) is 0 Å². The highest BCUT2D eigenvalue weighted by atomic mass is 16.6. The number of ether oxygens (including phenoxy) is 1. The molecule has 0 atom stereocenters. The molecule has 0 fully saturated rings. The summed E-state index contributed by atoms with van der Waals surface area (Å²) in [6.07, 6.45) is 0. The Morgan fingerprint density at radius 2 is 1.96 bits per heavy atom. The van der Waals surface area contributed by atoms with Gasteiger partial charge in [0.1, 0.15) is 28.6 Å². The third-order valence-electron chi connectivity index (χ3n) is 3.62. The van der Waals surface area contributed by atoms with Gasteiger partial charge < -0.3 is 24.8 Å². The average molecular weight is 384 g/mol. The van der Waals surface area contributed by atoms with Gasteiger partial charge in [0.05, 0.1) is 4.92 Å². The Balaban J connectivity index is 1.98. The van der Waals surface area contributed by atoms with Crippen molar-refractivity contribution in [2.24, 2.45) is 0 Å². The van der Waals surface area contributed by atoms with Gasteiger partial charge in [-0.15, -0.1) is 0 Å². The Hall–Kier alpha value is -4.08. The van der Waals surface area contributed by atoms with Crippen molar-refractivity contribution in [3.8, 4) is 34.3 Å². The van der Waals surface area contributed by atoms with E-state index in [2.05, 4.69) is 17.4 Å². The Kier molecular flexibility index (Phi) is 5.12. The molecular formula is C18H14N3O7. The molecule has 3 rings (SSSR count). The third kappa shape index (κ3) is 3.85. The zero-order valence-corrected chi connectivity index (χ0v) is 14.3. The first-order chi connectivity index (χ1) is 13.4. The number of nitro groups is 1. The average Bonchev–Trinajstić information content (AvgIpc) is 3.11. The summed E-state index contributed by atoms with van der Waals surface area (Å²) in [4.78, 5) is 22.0. The minimum absolute atomic E-state index is 0.00776. The van der Waals surface area contributed by atoms with Crippen molar-refractivity contribution >= 4 is 11.6 Å². The highest BCUT2D eigenvalue weighted by molar-refractivity contribution is 5.93. The van der Waals surface area contributed by atoms with Crippen molar-refractivity contribution in [1.29, 1.82) is 0 Å². The molecule has 0 aliphatic heterocycles. The van der Waals surface area contributed by atoms with Gasteiger partial charge in [-0.2, -0.15) is 0 Å². The molecule has 0 saturated carbocycles. The predicted molar refractivity (Wildman–Crippen MR) is 96.1 cm³/mol. The first kappa shape index (κ1) is 18.7. The number of hydrogen-bond acceptors (Lipinski definition) is 8. The molecule has 1 amide bonds. The van der Waals surface area contributed by atoms with Crippen LogP contribution in [0.2, 0.25) is 0 Å². The van der Waals surface area contributed by atoms with Gasteiger partial charge >= 0.3 is 0 Å². The third-order valence-corrected chi connectivity index (χ3v) is 3.62. The van der Waals surface area contributed by atoms with Crippen molar-refractivity contribution in [2.75, 3.05) is 6.54 Å². The number of aromatic nitrogens is 1. The normalized spacial score (nSPS) is 10.5. The fraction of sp³-hybridized carbons (Fsp3) is 0.0556. The van der Waals surface area contributed by atoms with Crippen LogP contribution in [0.1, 0.15) is 10.5 Å². The Morgan fingerprint density at radius 1 is 1.25 bits per heavy atom. The maximum Gasteiger partial charge on any atom is 0.273 e. The van der Waals surface area contributed by atoms with Crippen molar-refractivity contribution in [2.45, 2.75) is 0 Å². The topological polar surface area (TPSA) is 148 Å². The monoisotopic (exact) mass is 384 g/mol. The van der Waals surface area contributed by atoms with Crippen LogP contribution in [0, 0.1) is 17.0 Å². The number of nitro benzene ring substituents is 1. The second-order valence-corrected chi connectivity index (χ2v) is 5.52. The number of nitrogens with one attached hydrogen (secondary N) is 1. The molecule has 0 unspecified atom stereocenters. The van der Waals surface area contributed by atoms with Crippen LogP contribution in [0.25, 0.3) is 11.3 Å². The van der Waals surface area contributed by atoms with Crippen molar-refractivity contribution in [1.82, 2.24) is 10.5 Å². The number of carbonyl (C=O) groups is 1. The quantitative estimate of drug-likeness (QED) is 0.434. The fourth-order valence-corrected chi connectivity index (χ4v) is 2.38. The summed E-state index contributed by atoms with van der Waals surface area (Å²) < 4.78 is 10.8. The van der Waals surface area contributed by atoms with E-state index in [4.69, 9.17) is 9.26 Å². The molecule has 10 heteroatoms. The van der Waals surface area contributed by atoms with E-state index in [1.807, 2.05) is 0 Å². The Morgan fingerprint density at radius 3 is 2.61 bits per heavy atom. The minimum atomic E-state index is -0.553. The smallest absolute Gasteiger partial charge is 0.273 e. The van der Waals surface area contributed by atoms with E-state index in [0.29, 0.717) is 0 Å². The second kappa shape index (κ2) is 7.66. The Labute approximate surface area is 158 Å². The Bertz CT molecular complexity index is 1030. The van der Waals surface area contributed by atoms with E-state index in [9.17, 15) is 25.1 Å². The van der Waals surface area contributed by atoms with E-state index in [-0.39, 0.29) is 52.2 Å². The highest BCUT2D eigenvalue weighted by Crippen LogP contribution is 2.43. The molecular weight excluding hydrogens is 370 g/mol. The number of phenols is 2. The lowest BCUT2D eigenvalue weighted by Gasteiger charge is -2.11. The lowest BCUT2D eigenvalue weighted by molar-refractivity contribution is -0.384. The van der Waals surface area contributed by atoms with Crippen LogP contribution in [-0.4, -0.2) is 32.7 Å². The van der Waals surface area contributed by atoms with Crippen molar-refractivity contribution < 1.29 is 29.2 Å².